The molecular formula is C11H17N3O. The van der Waals surface area contributed by atoms with E-state index in [2.05, 4.69) is 11.1 Å². The summed E-state index contributed by atoms with van der Waals surface area (Å²) in [6, 6.07) is 4.15. The SMILES string of the molecule is CN(C)c1ccc(C2(CON)CC2)cn1. The smallest absolute Gasteiger partial charge is 0.127 e. The Bertz CT molecular complexity index is 330. The van der Waals surface area contributed by atoms with Gasteiger partial charge in [0.25, 0.3) is 0 Å². The summed E-state index contributed by atoms with van der Waals surface area (Å²) in [6.07, 6.45) is 4.22. The van der Waals surface area contributed by atoms with Crippen molar-refractivity contribution in [1.29, 1.82) is 0 Å². The molecule has 0 radical (unpaired) electrons. The molecular weight excluding hydrogens is 190 g/mol. The summed E-state index contributed by atoms with van der Waals surface area (Å²) >= 11 is 0. The van der Waals surface area contributed by atoms with Crippen LogP contribution in [0.15, 0.2) is 18.3 Å². The molecule has 0 bridgehead atoms. The molecule has 1 aromatic heterocycles. The van der Waals surface area contributed by atoms with Crippen molar-refractivity contribution < 1.29 is 4.84 Å². The van der Waals surface area contributed by atoms with E-state index in [-0.39, 0.29) is 5.41 Å². The topological polar surface area (TPSA) is 51.4 Å². The van der Waals surface area contributed by atoms with Crippen LogP contribution >= 0.6 is 0 Å². The van der Waals surface area contributed by atoms with E-state index < -0.39 is 0 Å². The van der Waals surface area contributed by atoms with Gasteiger partial charge in [0.05, 0.1) is 6.61 Å². The molecule has 0 saturated heterocycles. The van der Waals surface area contributed by atoms with Crippen LogP contribution in [0.5, 0.6) is 0 Å². The van der Waals surface area contributed by atoms with E-state index in [1.54, 1.807) is 0 Å². The van der Waals surface area contributed by atoms with Gasteiger partial charge in [0.15, 0.2) is 0 Å². The van der Waals surface area contributed by atoms with Crippen LogP contribution in [0.4, 0.5) is 5.82 Å². The van der Waals surface area contributed by atoms with Gasteiger partial charge in [0.1, 0.15) is 5.82 Å². The van der Waals surface area contributed by atoms with Gasteiger partial charge in [-0.05, 0) is 24.5 Å². The molecule has 0 unspecified atom stereocenters. The second kappa shape index (κ2) is 3.79. The molecule has 4 nitrogen and oxygen atoms in total. The lowest BCUT2D eigenvalue weighted by Gasteiger charge is -2.16. The molecule has 0 aliphatic heterocycles. The third-order valence-electron chi connectivity index (χ3n) is 3.03. The lowest BCUT2D eigenvalue weighted by Crippen LogP contribution is -2.19. The van der Waals surface area contributed by atoms with Crippen molar-refractivity contribution in [3.8, 4) is 0 Å². The van der Waals surface area contributed by atoms with Gasteiger partial charge in [-0.3, -0.25) is 0 Å². The molecule has 82 valence electrons. The molecule has 0 spiro atoms. The van der Waals surface area contributed by atoms with Crippen molar-refractivity contribution in [2.24, 2.45) is 5.90 Å². The predicted octanol–water partition coefficient (Wildman–Crippen LogP) is 1.07. The number of hydrogen-bond donors (Lipinski definition) is 1. The summed E-state index contributed by atoms with van der Waals surface area (Å²) in [7, 11) is 3.97. The molecule has 4 heteroatoms. The van der Waals surface area contributed by atoms with Gasteiger partial charge in [0, 0.05) is 25.7 Å². The van der Waals surface area contributed by atoms with Gasteiger partial charge < -0.3 is 9.74 Å². The van der Waals surface area contributed by atoms with Gasteiger partial charge in [0.2, 0.25) is 0 Å². The van der Waals surface area contributed by atoms with Crippen molar-refractivity contribution >= 4 is 5.82 Å². The van der Waals surface area contributed by atoms with Crippen molar-refractivity contribution in [2.45, 2.75) is 18.3 Å². The van der Waals surface area contributed by atoms with Gasteiger partial charge in [-0.2, -0.15) is 0 Å². The third kappa shape index (κ3) is 1.96. The van der Waals surface area contributed by atoms with Crippen molar-refractivity contribution in [3.05, 3.63) is 23.9 Å². The molecule has 0 aromatic carbocycles. The summed E-state index contributed by atoms with van der Waals surface area (Å²) in [5.74, 6) is 6.12. The molecule has 1 heterocycles. The first-order valence-electron chi connectivity index (χ1n) is 5.13. The fourth-order valence-corrected chi connectivity index (χ4v) is 1.79. The highest BCUT2D eigenvalue weighted by Crippen LogP contribution is 2.48. The second-order valence-electron chi connectivity index (χ2n) is 4.39. The van der Waals surface area contributed by atoms with Gasteiger partial charge in [-0.15, -0.1) is 0 Å². The van der Waals surface area contributed by atoms with Crippen molar-refractivity contribution in [2.75, 3.05) is 25.6 Å². The van der Waals surface area contributed by atoms with Crippen LogP contribution in [0.25, 0.3) is 0 Å². The van der Waals surface area contributed by atoms with E-state index in [0.717, 1.165) is 18.7 Å². The Labute approximate surface area is 90.0 Å². The number of hydrogen-bond acceptors (Lipinski definition) is 4. The zero-order valence-electron chi connectivity index (χ0n) is 9.23. The summed E-state index contributed by atoms with van der Waals surface area (Å²) in [5.41, 5.74) is 1.38. The van der Waals surface area contributed by atoms with E-state index >= 15 is 0 Å². The molecule has 2 rings (SSSR count). The first-order valence-corrected chi connectivity index (χ1v) is 5.13. The fourth-order valence-electron chi connectivity index (χ4n) is 1.79. The third-order valence-corrected chi connectivity index (χ3v) is 3.03. The van der Waals surface area contributed by atoms with Crippen LogP contribution in [0.1, 0.15) is 18.4 Å². The number of rotatable bonds is 4. The minimum atomic E-state index is 0.145. The minimum absolute atomic E-state index is 0.145. The predicted molar refractivity (Wildman–Crippen MR) is 59.6 cm³/mol. The highest BCUT2D eigenvalue weighted by molar-refractivity contribution is 5.40. The van der Waals surface area contributed by atoms with E-state index in [1.165, 1.54) is 5.56 Å². The number of anilines is 1. The molecule has 1 fully saturated rings. The van der Waals surface area contributed by atoms with E-state index in [0.29, 0.717) is 6.61 Å². The van der Waals surface area contributed by atoms with Crippen LogP contribution in [0.2, 0.25) is 0 Å². The Hall–Kier alpha value is -1.13. The summed E-state index contributed by atoms with van der Waals surface area (Å²) < 4.78 is 0. The summed E-state index contributed by atoms with van der Waals surface area (Å²) in [5, 5.41) is 0. The maximum Gasteiger partial charge on any atom is 0.127 e. The fraction of sp³-hybridized carbons (Fsp3) is 0.545. The van der Waals surface area contributed by atoms with E-state index in [9.17, 15) is 0 Å². The quantitative estimate of drug-likeness (QED) is 0.750. The van der Waals surface area contributed by atoms with Gasteiger partial charge in [-0.25, -0.2) is 10.9 Å². The first-order chi connectivity index (χ1) is 7.18. The number of aromatic nitrogens is 1. The monoisotopic (exact) mass is 207 g/mol. The highest BCUT2D eigenvalue weighted by Gasteiger charge is 2.44. The van der Waals surface area contributed by atoms with Crippen molar-refractivity contribution in [3.63, 3.8) is 0 Å². The zero-order valence-corrected chi connectivity index (χ0v) is 9.23. The molecule has 15 heavy (non-hydrogen) atoms. The molecule has 0 amide bonds. The zero-order chi connectivity index (χ0) is 10.9. The van der Waals surface area contributed by atoms with Crippen LogP contribution in [0.3, 0.4) is 0 Å². The number of nitrogens with two attached hydrogens (primary N) is 1. The molecule has 2 N–H and O–H groups in total. The van der Waals surface area contributed by atoms with Gasteiger partial charge in [-0.1, -0.05) is 6.07 Å². The lowest BCUT2D eigenvalue weighted by molar-refractivity contribution is 0.116. The average molecular weight is 207 g/mol. The van der Waals surface area contributed by atoms with Crippen molar-refractivity contribution in [1.82, 2.24) is 4.98 Å². The highest BCUT2D eigenvalue weighted by atomic mass is 16.6. The Morgan fingerprint density at radius 1 is 1.47 bits per heavy atom. The van der Waals surface area contributed by atoms with E-state index in [1.807, 2.05) is 31.3 Å². The average Bonchev–Trinajstić information content (AvgIpc) is 3.00. The molecule has 1 aliphatic carbocycles. The molecule has 0 atom stereocenters. The van der Waals surface area contributed by atoms with E-state index in [4.69, 9.17) is 10.7 Å². The van der Waals surface area contributed by atoms with Gasteiger partial charge >= 0.3 is 0 Å². The Balaban J connectivity index is 2.17. The largest absolute Gasteiger partial charge is 0.363 e. The van der Waals surface area contributed by atoms with Crippen LogP contribution < -0.4 is 10.8 Å². The first kappa shape index (κ1) is 10.4. The summed E-state index contributed by atoms with van der Waals surface area (Å²) in [4.78, 5) is 11.1. The Kier molecular flexibility index (Phi) is 2.63. The lowest BCUT2D eigenvalue weighted by atomic mass is 9.99. The maximum atomic E-state index is 5.14. The standard InChI is InChI=1S/C11H17N3O/c1-14(2)10-4-3-9(7-13-10)11(5-6-11)8-15-12/h3-4,7H,5-6,8,12H2,1-2H3. The minimum Gasteiger partial charge on any atom is -0.363 e. The molecule has 1 aromatic rings. The van der Waals surface area contributed by atoms with Crippen LogP contribution in [0, 0.1) is 0 Å². The Morgan fingerprint density at radius 2 is 2.20 bits per heavy atom. The normalized spacial score (nSPS) is 17.5. The maximum absolute atomic E-state index is 5.14. The molecule has 1 aliphatic rings. The van der Waals surface area contributed by atoms with Crippen LogP contribution in [-0.2, 0) is 10.3 Å². The summed E-state index contributed by atoms with van der Waals surface area (Å²) in [6.45, 7) is 0.593. The van der Waals surface area contributed by atoms with Crippen LogP contribution in [-0.4, -0.2) is 25.7 Å². The second-order valence-corrected chi connectivity index (χ2v) is 4.39. The number of nitrogens with zero attached hydrogens (tertiary/aromatic N) is 2. The number of pyridine rings is 1. The Morgan fingerprint density at radius 3 is 2.60 bits per heavy atom. The molecule has 1 saturated carbocycles.